The summed E-state index contributed by atoms with van der Waals surface area (Å²) in [5, 5.41) is 11.1. The molecular weight excluding hydrogens is 304 g/mol. The molecule has 3 aromatic rings. The van der Waals surface area contributed by atoms with E-state index in [1.54, 1.807) is 6.33 Å². The van der Waals surface area contributed by atoms with Gasteiger partial charge in [0, 0.05) is 24.3 Å². The molecular formula is C16H22N8. The molecule has 3 N–H and O–H groups in total. The first-order valence-corrected chi connectivity index (χ1v) is 8.40. The van der Waals surface area contributed by atoms with Crippen molar-refractivity contribution in [3.05, 3.63) is 18.6 Å². The summed E-state index contributed by atoms with van der Waals surface area (Å²) in [6.45, 7) is 6.37. The van der Waals surface area contributed by atoms with Crippen LogP contribution in [0.15, 0.2) is 18.6 Å². The number of imidazole rings is 1. The maximum absolute atomic E-state index is 4.62. The van der Waals surface area contributed by atoms with Crippen LogP contribution in [-0.4, -0.2) is 35.8 Å². The largest absolute Gasteiger partial charge is 0.365 e. The van der Waals surface area contributed by atoms with Crippen LogP contribution in [0, 0.1) is 5.92 Å². The van der Waals surface area contributed by atoms with E-state index in [0.717, 1.165) is 23.1 Å². The maximum Gasteiger partial charge on any atom is 0.232 e. The molecule has 1 saturated carbocycles. The smallest absolute Gasteiger partial charge is 0.232 e. The molecule has 0 spiro atoms. The molecule has 3 aromatic heterocycles. The van der Waals surface area contributed by atoms with E-state index in [1.165, 1.54) is 12.8 Å². The molecule has 0 bridgehead atoms. The maximum atomic E-state index is 4.62. The van der Waals surface area contributed by atoms with Gasteiger partial charge in [-0.1, -0.05) is 0 Å². The van der Waals surface area contributed by atoms with Crippen molar-refractivity contribution in [2.24, 2.45) is 5.92 Å². The Hall–Kier alpha value is -2.64. The van der Waals surface area contributed by atoms with Gasteiger partial charge < -0.3 is 15.6 Å². The summed E-state index contributed by atoms with van der Waals surface area (Å²) in [4.78, 5) is 16.5. The molecule has 126 valence electrons. The van der Waals surface area contributed by atoms with E-state index in [1.807, 2.05) is 16.9 Å². The zero-order chi connectivity index (χ0) is 16.7. The summed E-state index contributed by atoms with van der Waals surface area (Å²) < 4.78 is 1.89. The van der Waals surface area contributed by atoms with Crippen LogP contribution < -0.4 is 10.6 Å². The Labute approximate surface area is 140 Å². The average molecular weight is 326 g/mol. The van der Waals surface area contributed by atoms with Crippen LogP contribution >= 0.6 is 0 Å². The molecule has 1 atom stereocenters. The molecule has 1 aliphatic rings. The minimum atomic E-state index is 0.312. The first-order valence-electron chi connectivity index (χ1n) is 8.40. The quantitative estimate of drug-likeness (QED) is 0.644. The molecule has 3 heterocycles. The fourth-order valence-electron chi connectivity index (χ4n) is 2.73. The third kappa shape index (κ3) is 2.91. The molecule has 8 nitrogen and oxygen atoms in total. The highest BCUT2D eigenvalue weighted by Gasteiger charge is 2.28. The van der Waals surface area contributed by atoms with Crippen LogP contribution in [0.25, 0.3) is 11.2 Å². The van der Waals surface area contributed by atoms with E-state index in [4.69, 9.17) is 0 Å². The van der Waals surface area contributed by atoms with Crippen molar-refractivity contribution < 1.29 is 0 Å². The number of aromatic nitrogens is 6. The number of hydrogen-bond donors (Lipinski definition) is 3. The predicted octanol–water partition coefficient (Wildman–Crippen LogP) is 3.08. The van der Waals surface area contributed by atoms with Crippen LogP contribution in [0.3, 0.4) is 0 Å². The van der Waals surface area contributed by atoms with Crippen LogP contribution in [0.2, 0.25) is 0 Å². The molecule has 0 aromatic carbocycles. The standard InChI is InChI=1S/C16H22N8/c1-9(2)24-7-6-12(23-24)20-16-21-14-13(17-8-18-14)15(22-16)19-10(3)11-4-5-11/h6-11H,4-5H2,1-3H3,(H3,17,18,19,20,21,22,23)/t10-/m0/s1. The first-order chi connectivity index (χ1) is 11.6. The Kier molecular flexibility index (Phi) is 3.59. The number of H-pyrrole nitrogens is 1. The number of fused-ring (bicyclic) bond motifs is 1. The lowest BCUT2D eigenvalue weighted by molar-refractivity contribution is 0.534. The number of anilines is 3. The molecule has 24 heavy (non-hydrogen) atoms. The van der Waals surface area contributed by atoms with Crippen molar-refractivity contribution in [2.75, 3.05) is 10.6 Å². The number of aromatic amines is 1. The Bertz CT molecular complexity index is 845. The second-order valence-corrected chi connectivity index (χ2v) is 6.67. The minimum absolute atomic E-state index is 0.312. The van der Waals surface area contributed by atoms with E-state index in [-0.39, 0.29) is 0 Å². The topological polar surface area (TPSA) is 96.3 Å². The molecule has 8 heteroatoms. The lowest BCUT2D eigenvalue weighted by Crippen LogP contribution is -2.19. The fraction of sp³-hybridized carbons (Fsp3) is 0.500. The van der Waals surface area contributed by atoms with Gasteiger partial charge in [-0.3, -0.25) is 4.68 Å². The van der Waals surface area contributed by atoms with Crippen molar-refractivity contribution in [3.8, 4) is 0 Å². The first kappa shape index (κ1) is 14.9. The van der Waals surface area contributed by atoms with E-state index >= 15 is 0 Å². The summed E-state index contributed by atoms with van der Waals surface area (Å²) >= 11 is 0. The van der Waals surface area contributed by atoms with Gasteiger partial charge in [0.25, 0.3) is 0 Å². The molecule has 0 unspecified atom stereocenters. The highest BCUT2D eigenvalue weighted by Crippen LogP contribution is 2.34. The summed E-state index contributed by atoms with van der Waals surface area (Å²) in [6.07, 6.45) is 6.14. The lowest BCUT2D eigenvalue weighted by atomic mass is 10.2. The number of rotatable bonds is 6. The summed E-state index contributed by atoms with van der Waals surface area (Å²) in [5.74, 6) is 2.73. The Balaban J connectivity index is 1.62. The molecule has 1 fully saturated rings. The average Bonchev–Trinajstić information content (AvgIpc) is 3.10. The lowest BCUT2D eigenvalue weighted by Gasteiger charge is -2.14. The molecule has 4 rings (SSSR count). The van der Waals surface area contributed by atoms with Gasteiger partial charge in [0.1, 0.15) is 5.52 Å². The van der Waals surface area contributed by atoms with Gasteiger partial charge in [-0.05, 0) is 39.5 Å². The Morgan fingerprint density at radius 1 is 1.25 bits per heavy atom. The Morgan fingerprint density at radius 2 is 2.08 bits per heavy atom. The van der Waals surface area contributed by atoms with Gasteiger partial charge in [-0.15, -0.1) is 0 Å². The SMILES string of the molecule is CC(C)n1ccc(Nc2nc(N[C@@H](C)C3CC3)c3[nH]cnc3n2)n1. The van der Waals surface area contributed by atoms with Crippen molar-refractivity contribution in [2.45, 2.75) is 45.7 Å². The van der Waals surface area contributed by atoms with Crippen LogP contribution in [0.1, 0.15) is 39.7 Å². The van der Waals surface area contributed by atoms with Gasteiger partial charge in [-0.25, -0.2) is 4.98 Å². The second-order valence-electron chi connectivity index (χ2n) is 6.67. The normalized spacial score (nSPS) is 15.8. The van der Waals surface area contributed by atoms with Crippen LogP contribution in [-0.2, 0) is 0 Å². The molecule has 0 radical (unpaired) electrons. The molecule has 1 aliphatic carbocycles. The van der Waals surface area contributed by atoms with Gasteiger partial charge >= 0.3 is 0 Å². The van der Waals surface area contributed by atoms with E-state index < -0.39 is 0 Å². The second kappa shape index (κ2) is 5.77. The van der Waals surface area contributed by atoms with Crippen molar-refractivity contribution in [3.63, 3.8) is 0 Å². The predicted molar refractivity (Wildman–Crippen MR) is 93.4 cm³/mol. The number of nitrogens with one attached hydrogen (secondary N) is 3. The number of hydrogen-bond acceptors (Lipinski definition) is 6. The highest BCUT2D eigenvalue weighted by molar-refractivity contribution is 5.84. The van der Waals surface area contributed by atoms with Crippen molar-refractivity contribution in [1.82, 2.24) is 29.7 Å². The van der Waals surface area contributed by atoms with Gasteiger partial charge in [-0.2, -0.15) is 15.1 Å². The molecule has 0 aliphatic heterocycles. The van der Waals surface area contributed by atoms with Crippen molar-refractivity contribution in [1.29, 1.82) is 0 Å². The zero-order valence-electron chi connectivity index (χ0n) is 14.1. The molecule has 0 saturated heterocycles. The van der Waals surface area contributed by atoms with Crippen molar-refractivity contribution >= 4 is 28.7 Å². The zero-order valence-corrected chi connectivity index (χ0v) is 14.1. The summed E-state index contributed by atoms with van der Waals surface area (Å²) in [5.41, 5.74) is 1.47. The Morgan fingerprint density at radius 3 is 2.79 bits per heavy atom. The van der Waals surface area contributed by atoms with E-state index in [0.29, 0.717) is 23.7 Å². The monoisotopic (exact) mass is 326 g/mol. The van der Waals surface area contributed by atoms with Gasteiger partial charge in [0.15, 0.2) is 17.3 Å². The highest BCUT2D eigenvalue weighted by atomic mass is 15.3. The molecule has 0 amide bonds. The van der Waals surface area contributed by atoms with Crippen LogP contribution in [0.4, 0.5) is 17.6 Å². The van der Waals surface area contributed by atoms with Gasteiger partial charge in [0.2, 0.25) is 5.95 Å². The third-order valence-corrected chi connectivity index (χ3v) is 4.36. The fourth-order valence-corrected chi connectivity index (χ4v) is 2.73. The minimum Gasteiger partial charge on any atom is -0.365 e. The van der Waals surface area contributed by atoms with E-state index in [9.17, 15) is 0 Å². The third-order valence-electron chi connectivity index (χ3n) is 4.36. The summed E-state index contributed by atoms with van der Waals surface area (Å²) in [7, 11) is 0. The van der Waals surface area contributed by atoms with Gasteiger partial charge in [0.05, 0.1) is 6.33 Å². The van der Waals surface area contributed by atoms with E-state index in [2.05, 4.69) is 56.4 Å². The van der Waals surface area contributed by atoms with Crippen LogP contribution in [0.5, 0.6) is 0 Å². The summed E-state index contributed by atoms with van der Waals surface area (Å²) in [6, 6.07) is 2.61. The number of nitrogens with zero attached hydrogens (tertiary/aromatic N) is 5.